The monoisotopic (exact) mass is 297 g/mol. The third kappa shape index (κ3) is 3.30. The molecule has 0 radical (unpaired) electrons. The number of carbonyl (C=O) groups is 1. The van der Waals surface area contributed by atoms with E-state index in [2.05, 4.69) is 21.2 Å². The molecule has 1 aliphatic heterocycles. The standard InChI is InChI=1S/C13H16BrNO2/c1-9(11-6-7-17-8-11)15-13(16)10-2-4-12(14)5-3-10/h2-5,9,11H,6-8H2,1H3,(H,15,16). The molecule has 0 bridgehead atoms. The van der Waals surface area contributed by atoms with E-state index in [-0.39, 0.29) is 11.9 Å². The molecule has 0 saturated carbocycles. The first-order valence-corrected chi connectivity index (χ1v) is 6.60. The Morgan fingerprint density at radius 1 is 1.47 bits per heavy atom. The van der Waals surface area contributed by atoms with Crippen molar-refractivity contribution in [1.82, 2.24) is 5.32 Å². The smallest absolute Gasteiger partial charge is 0.251 e. The van der Waals surface area contributed by atoms with E-state index in [1.807, 2.05) is 31.2 Å². The number of halogens is 1. The van der Waals surface area contributed by atoms with Crippen LogP contribution in [-0.2, 0) is 4.74 Å². The number of ether oxygens (including phenoxy) is 1. The van der Waals surface area contributed by atoms with Gasteiger partial charge in [-0.15, -0.1) is 0 Å². The lowest BCUT2D eigenvalue weighted by Gasteiger charge is -2.19. The molecule has 1 aromatic carbocycles. The fourth-order valence-corrected chi connectivity index (χ4v) is 2.22. The zero-order chi connectivity index (χ0) is 12.3. The summed E-state index contributed by atoms with van der Waals surface area (Å²) in [7, 11) is 0. The fraction of sp³-hybridized carbons (Fsp3) is 0.462. The van der Waals surface area contributed by atoms with Crippen LogP contribution < -0.4 is 5.32 Å². The highest BCUT2D eigenvalue weighted by molar-refractivity contribution is 9.10. The lowest BCUT2D eigenvalue weighted by molar-refractivity contribution is 0.0922. The van der Waals surface area contributed by atoms with E-state index in [1.165, 1.54) is 0 Å². The lowest BCUT2D eigenvalue weighted by atomic mass is 10.0. The van der Waals surface area contributed by atoms with Crippen LogP contribution >= 0.6 is 15.9 Å². The van der Waals surface area contributed by atoms with Crippen LogP contribution in [-0.4, -0.2) is 25.2 Å². The van der Waals surface area contributed by atoms with Gasteiger partial charge < -0.3 is 10.1 Å². The Hall–Kier alpha value is -0.870. The quantitative estimate of drug-likeness (QED) is 0.931. The van der Waals surface area contributed by atoms with Gasteiger partial charge in [-0.2, -0.15) is 0 Å². The summed E-state index contributed by atoms with van der Waals surface area (Å²) in [5.74, 6) is 0.422. The minimum Gasteiger partial charge on any atom is -0.381 e. The molecule has 3 nitrogen and oxygen atoms in total. The van der Waals surface area contributed by atoms with Crippen LogP contribution in [0.5, 0.6) is 0 Å². The van der Waals surface area contributed by atoms with E-state index >= 15 is 0 Å². The largest absolute Gasteiger partial charge is 0.381 e. The predicted molar refractivity (Wildman–Crippen MR) is 70.0 cm³/mol. The third-order valence-corrected chi connectivity index (χ3v) is 3.67. The second-order valence-electron chi connectivity index (χ2n) is 4.39. The number of nitrogens with one attached hydrogen (secondary N) is 1. The second kappa shape index (κ2) is 5.65. The van der Waals surface area contributed by atoms with Crippen molar-refractivity contribution in [2.45, 2.75) is 19.4 Å². The van der Waals surface area contributed by atoms with Gasteiger partial charge in [0.15, 0.2) is 0 Å². The molecule has 1 fully saturated rings. The summed E-state index contributed by atoms with van der Waals surface area (Å²) in [4.78, 5) is 12.0. The zero-order valence-corrected chi connectivity index (χ0v) is 11.4. The van der Waals surface area contributed by atoms with Crippen molar-refractivity contribution in [2.24, 2.45) is 5.92 Å². The molecule has 1 aliphatic rings. The van der Waals surface area contributed by atoms with Gasteiger partial charge >= 0.3 is 0 Å². The topological polar surface area (TPSA) is 38.3 Å². The number of carbonyl (C=O) groups excluding carboxylic acids is 1. The molecular formula is C13H16BrNO2. The molecule has 17 heavy (non-hydrogen) atoms. The molecule has 2 unspecified atom stereocenters. The molecule has 1 saturated heterocycles. The molecule has 0 aromatic heterocycles. The third-order valence-electron chi connectivity index (χ3n) is 3.14. The highest BCUT2D eigenvalue weighted by Crippen LogP contribution is 2.17. The summed E-state index contributed by atoms with van der Waals surface area (Å²) in [5.41, 5.74) is 0.693. The van der Waals surface area contributed by atoms with Crippen LogP contribution in [0.2, 0.25) is 0 Å². The number of rotatable bonds is 3. The van der Waals surface area contributed by atoms with E-state index in [9.17, 15) is 4.79 Å². The van der Waals surface area contributed by atoms with E-state index in [4.69, 9.17) is 4.74 Å². The molecule has 0 spiro atoms. The van der Waals surface area contributed by atoms with Crippen LogP contribution in [0.1, 0.15) is 23.7 Å². The van der Waals surface area contributed by atoms with Crippen molar-refractivity contribution in [2.75, 3.05) is 13.2 Å². The average Bonchev–Trinajstić information content (AvgIpc) is 2.83. The Labute approximate surface area is 110 Å². The van der Waals surface area contributed by atoms with Crippen molar-refractivity contribution in [1.29, 1.82) is 0 Å². The summed E-state index contributed by atoms with van der Waals surface area (Å²) in [6, 6.07) is 7.54. The van der Waals surface area contributed by atoms with Crippen molar-refractivity contribution < 1.29 is 9.53 Å². The van der Waals surface area contributed by atoms with Gasteiger partial charge in [-0.25, -0.2) is 0 Å². The Kier molecular flexibility index (Phi) is 4.18. The number of hydrogen-bond acceptors (Lipinski definition) is 2. The minimum atomic E-state index is -0.0168. The van der Waals surface area contributed by atoms with Crippen LogP contribution in [0.4, 0.5) is 0 Å². The molecule has 1 N–H and O–H groups in total. The summed E-state index contributed by atoms with van der Waals surface area (Å²) in [5, 5.41) is 3.02. The Bertz CT molecular complexity index is 385. The average molecular weight is 298 g/mol. The van der Waals surface area contributed by atoms with Crippen molar-refractivity contribution >= 4 is 21.8 Å². The van der Waals surface area contributed by atoms with E-state index in [0.29, 0.717) is 11.5 Å². The van der Waals surface area contributed by atoms with Gasteiger partial charge in [0.05, 0.1) is 6.61 Å². The first-order valence-electron chi connectivity index (χ1n) is 5.81. The molecule has 1 heterocycles. The first kappa shape index (κ1) is 12.6. The fourth-order valence-electron chi connectivity index (χ4n) is 1.96. The van der Waals surface area contributed by atoms with Gasteiger partial charge in [-0.3, -0.25) is 4.79 Å². The van der Waals surface area contributed by atoms with E-state index in [0.717, 1.165) is 24.1 Å². The summed E-state index contributed by atoms with van der Waals surface area (Å²) in [6.45, 7) is 3.60. The first-order chi connectivity index (χ1) is 8.16. The molecule has 2 rings (SSSR count). The summed E-state index contributed by atoms with van der Waals surface area (Å²) in [6.07, 6.45) is 1.03. The Morgan fingerprint density at radius 3 is 2.76 bits per heavy atom. The van der Waals surface area contributed by atoms with Gasteiger partial charge in [-0.05, 0) is 37.6 Å². The van der Waals surface area contributed by atoms with Gasteiger partial charge in [0.1, 0.15) is 0 Å². The van der Waals surface area contributed by atoms with Crippen molar-refractivity contribution in [3.63, 3.8) is 0 Å². The molecule has 2 atom stereocenters. The maximum atomic E-state index is 12.0. The van der Waals surface area contributed by atoms with Crippen LogP contribution in [0.25, 0.3) is 0 Å². The molecular weight excluding hydrogens is 282 g/mol. The van der Waals surface area contributed by atoms with Gasteiger partial charge in [-0.1, -0.05) is 15.9 Å². The highest BCUT2D eigenvalue weighted by Gasteiger charge is 2.23. The summed E-state index contributed by atoms with van der Waals surface area (Å²) >= 11 is 3.35. The van der Waals surface area contributed by atoms with Crippen molar-refractivity contribution in [3.8, 4) is 0 Å². The maximum Gasteiger partial charge on any atom is 0.251 e. The van der Waals surface area contributed by atoms with Gasteiger partial charge in [0.2, 0.25) is 0 Å². The van der Waals surface area contributed by atoms with Gasteiger partial charge in [0.25, 0.3) is 5.91 Å². The molecule has 92 valence electrons. The number of amides is 1. The second-order valence-corrected chi connectivity index (χ2v) is 5.31. The van der Waals surface area contributed by atoms with Gasteiger partial charge in [0, 0.05) is 28.6 Å². The minimum absolute atomic E-state index is 0.0168. The molecule has 4 heteroatoms. The van der Waals surface area contributed by atoms with Crippen molar-refractivity contribution in [3.05, 3.63) is 34.3 Å². The summed E-state index contributed by atoms with van der Waals surface area (Å²) < 4.78 is 6.30. The number of hydrogen-bond donors (Lipinski definition) is 1. The van der Waals surface area contributed by atoms with Crippen LogP contribution in [0.3, 0.4) is 0 Å². The molecule has 1 aromatic rings. The van der Waals surface area contributed by atoms with Crippen LogP contribution in [0.15, 0.2) is 28.7 Å². The van der Waals surface area contributed by atoms with E-state index < -0.39 is 0 Å². The Balaban J connectivity index is 1.94. The molecule has 0 aliphatic carbocycles. The Morgan fingerprint density at radius 2 is 2.18 bits per heavy atom. The normalized spacial score (nSPS) is 21.2. The maximum absolute atomic E-state index is 12.0. The number of benzene rings is 1. The zero-order valence-electron chi connectivity index (χ0n) is 9.78. The molecule has 1 amide bonds. The van der Waals surface area contributed by atoms with E-state index in [1.54, 1.807) is 0 Å². The SMILES string of the molecule is CC(NC(=O)c1ccc(Br)cc1)C1CCOC1. The predicted octanol–water partition coefficient (Wildman–Crippen LogP) is 2.60. The lowest BCUT2D eigenvalue weighted by Crippen LogP contribution is -2.38. The highest BCUT2D eigenvalue weighted by atomic mass is 79.9. The van der Waals surface area contributed by atoms with Crippen LogP contribution in [0, 0.1) is 5.92 Å².